The minimum absolute atomic E-state index is 0.352. The highest BCUT2D eigenvalue weighted by Crippen LogP contribution is 2.16. The minimum Gasteiger partial charge on any atom is -0.512 e. The minimum atomic E-state index is -1.84. The molecule has 7 heteroatoms. The molecule has 1 amide bonds. The maximum Gasteiger partial charge on any atom is 0.707 e. The highest BCUT2D eigenvalue weighted by atomic mass is 16.6. The molecule has 0 atom stereocenters. The number of ether oxygens (including phenoxy) is 1. The fraction of sp³-hybridized carbons (Fsp3) is 0.350. The number of hydrogen-bond donors (Lipinski definition) is 2. The molecule has 0 aliphatic carbocycles. The Morgan fingerprint density at radius 3 is 2.19 bits per heavy atom. The number of carbonyl (C=O) groups excluding carboxylic acids is 1. The molecule has 0 aromatic heterocycles. The topological polar surface area (TPSA) is 79.2 Å². The molecule has 6 nitrogen and oxygen atoms in total. The van der Waals surface area contributed by atoms with E-state index in [1.54, 1.807) is 17.0 Å². The molecule has 0 aliphatic heterocycles. The molecule has 2 N–H and O–H groups in total. The predicted octanol–water partition coefficient (Wildman–Crippen LogP) is 3.01. The third-order valence-electron chi connectivity index (χ3n) is 3.70. The predicted molar refractivity (Wildman–Crippen MR) is 104 cm³/mol. The van der Waals surface area contributed by atoms with Crippen LogP contribution < -0.4 is 4.65 Å². The van der Waals surface area contributed by atoms with Crippen molar-refractivity contribution in [1.29, 1.82) is 0 Å². The van der Waals surface area contributed by atoms with Gasteiger partial charge in [0.25, 0.3) is 0 Å². The van der Waals surface area contributed by atoms with E-state index in [-0.39, 0.29) is 6.09 Å². The van der Waals surface area contributed by atoms with Crippen molar-refractivity contribution in [2.75, 3.05) is 6.54 Å². The lowest BCUT2D eigenvalue weighted by atomic mass is 10.1. The van der Waals surface area contributed by atoms with Crippen LogP contribution in [0.3, 0.4) is 0 Å². The van der Waals surface area contributed by atoms with Gasteiger partial charge in [-0.25, -0.2) is 4.79 Å². The summed E-state index contributed by atoms with van der Waals surface area (Å²) in [5.41, 5.74) is 1.47. The van der Waals surface area contributed by atoms with Crippen LogP contribution in [0.2, 0.25) is 0 Å². The third-order valence-corrected chi connectivity index (χ3v) is 3.70. The summed E-state index contributed by atoms with van der Waals surface area (Å²) < 4.78 is 10.3. The zero-order valence-electron chi connectivity index (χ0n) is 16.0. The van der Waals surface area contributed by atoms with Gasteiger partial charge in [0.2, 0.25) is 0 Å². The Labute approximate surface area is 160 Å². The summed E-state index contributed by atoms with van der Waals surface area (Å²) in [6.45, 7) is 6.50. The van der Waals surface area contributed by atoms with Crippen molar-refractivity contribution in [3.8, 4) is 5.75 Å². The second-order valence-electron chi connectivity index (χ2n) is 7.23. The molecular weight excluding hydrogens is 345 g/mol. The molecule has 0 saturated carbocycles. The molecule has 0 spiro atoms. The van der Waals surface area contributed by atoms with Gasteiger partial charge in [-0.3, -0.25) is 0 Å². The fourth-order valence-corrected chi connectivity index (χ4v) is 2.49. The largest absolute Gasteiger partial charge is 0.707 e. The Bertz CT molecular complexity index is 713. The SMILES string of the molecule is CC(C)(C)OC(=O)N(CCc1ccc(OB(O)O)cc1)Cc1ccccc1. The molecule has 2 aromatic carbocycles. The number of amides is 1. The molecule has 0 radical (unpaired) electrons. The second-order valence-corrected chi connectivity index (χ2v) is 7.23. The summed E-state index contributed by atoms with van der Waals surface area (Å²) in [6.07, 6.45) is 0.281. The summed E-state index contributed by atoms with van der Waals surface area (Å²) in [7, 11) is -1.84. The van der Waals surface area contributed by atoms with Gasteiger partial charge in [0.1, 0.15) is 11.4 Å². The van der Waals surface area contributed by atoms with E-state index in [0.29, 0.717) is 25.3 Å². The van der Waals surface area contributed by atoms with E-state index in [0.717, 1.165) is 11.1 Å². The van der Waals surface area contributed by atoms with Crippen molar-refractivity contribution in [3.05, 3.63) is 65.7 Å². The molecule has 27 heavy (non-hydrogen) atoms. The summed E-state index contributed by atoms with van der Waals surface area (Å²) in [4.78, 5) is 14.3. The van der Waals surface area contributed by atoms with Crippen LogP contribution in [0, 0.1) is 0 Å². The Hall–Kier alpha value is -2.51. The summed E-state index contributed by atoms with van der Waals surface area (Å²) in [5, 5.41) is 17.6. The molecule has 0 unspecified atom stereocenters. The molecular formula is C20H26BNO5. The number of benzene rings is 2. The van der Waals surface area contributed by atoms with Crippen LogP contribution in [0.1, 0.15) is 31.9 Å². The first-order valence-corrected chi connectivity index (χ1v) is 8.86. The summed E-state index contributed by atoms with van der Waals surface area (Å²) >= 11 is 0. The lowest BCUT2D eigenvalue weighted by molar-refractivity contribution is 0.0235. The number of rotatable bonds is 7. The van der Waals surface area contributed by atoms with Crippen LogP contribution in [0.25, 0.3) is 0 Å². The molecule has 2 aromatic rings. The number of nitrogens with zero attached hydrogens (tertiary/aromatic N) is 1. The van der Waals surface area contributed by atoms with Crippen molar-refractivity contribution in [2.45, 2.75) is 39.3 Å². The van der Waals surface area contributed by atoms with Crippen molar-refractivity contribution < 1.29 is 24.2 Å². The molecule has 0 heterocycles. The highest BCUT2D eigenvalue weighted by Gasteiger charge is 2.22. The van der Waals surface area contributed by atoms with Crippen LogP contribution in [0.5, 0.6) is 5.75 Å². The van der Waals surface area contributed by atoms with Gasteiger partial charge in [-0.05, 0) is 50.5 Å². The Morgan fingerprint density at radius 2 is 1.63 bits per heavy atom. The first kappa shape index (κ1) is 20.8. The second kappa shape index (κ2) is 9.44. The standard InChI is InChI=1S/C20H26BNO5/c1-20(2,3)26-19(23)22(15-17-7-5-4-6-8-17)14-13-16-9-11-18(12-10-16)27-21(24)25/h4-12,24-25H,13-15H2,1-3H3. The van der Waals surface area contributed by atoms with E-state index in [1.807, 2.05) is 63.2 Å². The van der Waals surface area contributed by atoms with Crippen molar-refractivity contribution in [3.63, 3.8) is 0 Å². The highest BCUT2D eigenvalue weighted by molar-refractivity contribution is 6.33. The van der Waals surface area contributed by atoms with E-state index in [1.165, 1.54) is 0 Å². The van der Waals surface area contributed by atoms with Gasteiger partial charge in [-0.2, -0.15) is 0 Å². The van der Waals surface area contributed by atoms with Gasteiger partial charge in [0.05, 0.1) is 0 Å². The first-order chi connectivity index (χ1) is 12.7. The molecule has 0 saturated heterocycles. The summed E-state index contributed by atoms with van der Waals surface area (Å²) in [5.74, 6) is 0.363. The Kier molecular flexibility index (Phi) is 7.27. The molecule has 0 fully saturated rings. The van der Waals surface area contributed by atoms with Crippen molar-refractivity contribution in [2.24, 2.45) is 0 Å². The average molecular weight is 371 g/mol. The lowest BCUT2D eigenvalue weighted by Gasteiger charge is -2.27. The smallest absolute Gasteiger partial charge is 0.512 e. The van der Waals surface area contributed by atoms with E-state index in [9.17, 15) is 4.79 Å². The van der Waals surface area contributed by atoms with Gasteiger partial charge in [-0.15, -0.1) is 0 Å². The van der Waals surface area contributed by atoms with E-state index < -0.39 is 12.9 Å². The first-order valence-electron chi connectivity index (χ1n) is 8.86. The Morgan fingerprint density at radius 1 is 1.00 bits per heavy atom. The zero-order chi connectivity index (χ0) is 19.9. The average Bonchev–Trinajstić information content (AvgIpc) is 2.58. The summed E-state index contributed by atoms with van der Waals surface area (Å²) in [6, 6.07) is 16.7. The van der Waals surface area contributed by atoms with Gasteiger partial charge in [-0.1, -0.05) is 42.5 Å². The van der Waals surface area contributed by atoms with Gasteiger partial charge in [0.15, 0.2) is 0 Å². The van der Waals surface area contributed by atoms with Crippen LogP contribution in [-0.4, -0.2) is 40.5 Å². The fourth-order valence-electron chi connectivity index (χ4n) is 2.49. The number of hydrogen-bond acceptors (Lipinski definition) is 5. The zero-order valence-corrected chi connectivity index (χ0v) is 16.0. The molecule has 0 aliphatic rings. The monoisotopic (exact) mass is 371 g/mol. The lowest BCUT2D eigenvalue weighted by Crippen LogP contribution is -2.37. The Balaban J connectivity index is 2.03. The maximum atomic E-state index is 12.6. The maximum absolute atomic E-state index is 12.6. The van der Waals surface area contributed by atoms with Crippen molar-refractivity contribution in [1.82, 2.24) is 4.90 Å². The molecule has 144 valence electrons. The third kappa shape index (κ3) is 7.72. The van der Waals surface area contributed by atoms with Gasteiger partial charge < -0.3 is 24.3 Å². The molecule has 0 bridgehead atoms. The van der Waals surface area contributed by atoms with Gasteiger partial charge >= 0.3 is 13.4 Å². The van der Waals surface area contributed by atoms with Crippen LogP contribution in [-0.2, 0) is 17.7 Å². The van der Waals surface area contributed by atoms with E-state index >= 15 is 0 Å². The van der Waals surface area contributed by atoms with Crippen LogP contribution in [0.4, 0.5) is 4.79 Å². The molecule has 2 rings (SSSR count). The van der Waals surface area contributed by atoms with Gasteiger partial charge in [0, 0.05) is 13.1 Å². The van der Waals surface area contributed by atoms with E-state index in [4.69, 9.17) is 19.4 Å². The van der Waals surface area contributed by atoms with Crippen molar-refractivity contribution >= 4 is 13.4 Å². The number of carbonyl (C=O) groups is 1. The van der Waals surface area contributed by atoms with Crippen LogP contribution in [0.15, 0.2) is 54.6 Å². The normalized spacial score (nSPS) is 11.0. The van der Waals surface area contributed by atoms with E-state index in [2.05, 4.69) is 0 Å². The van der Waals surface area contributed by atoms with Crippen LogP contribution >= 0.6 is 0 Å². The quantitative estimate of drug-likeness (QED) is 0.732.